The molecule has 0 aliphatic rings. The van der Waals surface area contributed by atoms with E-state index in [0.717, 1.165) is 12.4 Å². The molecule has 0 unspecified atom stereocenters. The van der Waals surface area contributed by atoms with Gasteiger partial charge in [0.1, 0.15) is 5.82 Å². The third-order valence-corrected chi connectivity index (χ3v) is 2.33. The van der Waals surface area contributed by atoms with Gasteiger partial charge in [0, 0.05) is 33.4 Å². The Balaban J connectivity index is 2.80. The van der Waals surface area contributed by atoms with Crippen molar-refractivity contribution in [3.05, 3.63) is 12.3 Å². The second kappa shape index (κ2) is 6.03. The lowest BCUT2D eigenvalue weighted by molar-refractivity contribution is -0.136. The number of rotatable bonds is 6. The number of anilines is 2. The van der Waals surface area contributed by atoms with Crippen molar-refractivity contribution in [2.24, 2.45) is 0 Å². The molecule has 17 heavy (non-hydrogen) atoms. The average Bonchev–Trinajstić information content (AvgIpc) is 2.30. The van der Waals surface area contributed by atoms with Crippen molar-refractivity contribution < 1.29 is 9.90 Å². The molecule has 0 fully saturated rings. The lowest BCUT2D eigenvalue weighted by Crippen LogP contribution is -2.27. The smallest absolute Gasteiger partial charge is 0.305 e. The number of hydrogen-bond donors (Lipinski definition) is 1. The van der Waals surface area contributed by atoms with Crippen LogP contribution in [0.15, 0.2) is 12.3 Å². The van der Waals surface area contributed by atoms with E-state index in [1.807, 2.05) is 30.8 Å². The number of nitrogens with zero attached hydrogens (tertiary/aromatic N) is 4. The molecule has 0 saturated heterocycles. The molecule has 0 atom stereocenters. The Morgan fingerprint density at radius 1 is 1.47 bits per heavy atom. The molecule has 0 spiro atoms. The summed E-state index contributed by atoms with van der Waals surface area (Å²) in [4.78, 5) is 22.8. The van der Waals surface area contributed by atoms with E-state index in [-0.39, 0.29) is 6.42 Å². The zero-order valence-electron chi connectivity index (χ0n) is 10.4. The average molecular weight is 238 g/mol. The summed E-state index contributed by atoms with van der Waals surface area (Å²) in [5.41, 5.74) is 0. The minimum atomic E-state index is -0.801. The summed E-state index contributed by atoms with van der Waals surface area (Å²) in [5, 5.41) is 8.68. The summed E-state index contributed by atoms with van der Waals surface area (Å²) in [6.07, 6.45) is 1.79. The molecule has 0 radical (unpaired) electrons. The first-order valence-corrected chi connectivity index (χ1v) is 5.51. The Labute approximate surface area is 101 Å². The monoisotopic (exact) mass is 238 g/mol. The summed E-state index contributed by atoms with van der Waals surface area (Å²) in [6.45, 7) is 3.15. The maximum absolute atomic E-state index is 10.6. The normalized spacial score (nSPS) is 10.1. The minimum absolute atomic E-state index is 0.106. The van der Waals surface area contributed by atoms with E-state index in [1.54, 1.807) is 12.3 Å². The van der Waals surface area contributed by atoms with Gasteiger partial charge in [0.15, 0.2) is 0 Å². The van der Waals surface area contributed by atoms with Crippen LogP contribution in [-0.4, -0.2) is 48.2 Å². The molecule has 1 N–H and O–H groups in total. The Morgan fingerprint density at radius 2 is 2.18 bits per heavy atom. The lowest BCUT2D eigenvalue weighted by atomic mass is 10.3. The van der Waals surface area contributed by atoms with Gasteiger partial charge < -0.3 is 14.9 Å². The van der Waals surface area contributed by atoms with Gasteiger partial charge in [-0.3, -0.25) is 4.79 Å². The molecule has 1 heterocycles. The SMILES string of the molecule is CCN(CCC(=O)O)c1ccnc(N(C)C)n1. The van der Waals surface area contributed by atoms with Crippen LogP contribution in [0.3, 0.4) is 0 Å². The first kappa shape index (κ1) is 13.2. The molecular formula is C11H18N4O2. The molecule has 1 rings (SSSR count). The van der Waals surface area contributed by atoms with Crippen molar-refractivity contribution >= 4 is 17.7 Å². The van der Waals surface area contributed by atoms with E-state index < -0.39 is 5.97 Å². The first-order valence-electron chi connectivity index (χ1n) is 5.51. The number of carbonyl (C=O) groups is 1. The summed E-state index contributed by atoms with van der Waals surface area (Å²) >= 11 is 0. The van der Waals surface area contributed by atoms with Gasteiger partial charge in [-0.15, -0.1) is 0 Å². The third-order valence-electron chi connectivity index (χ3n) is 2.33. The van der Waals surface area contributed by atoms with Gasteiger partial charge in [-0.05, 0) is 13.0 Å². The number of carboxylic acid groups (broad SMARTS) is 1. The Bertz CT molecular complexity index is 381. The molecule has 0 saturated carbocycles. The van der Waals surface area contributed by atoms with Crippen LogP contribution in [0.4, 0.5) is 11.8 Å². The molecule has 0 aliphatic heterocycles. The van der Waals surface area contributed by atoms with Gasteiger partial charge in [0.25, 0.3) is 0 Å². The zero-order chi connectivity index (χ0) is 12.8. The maximum atomic E-state index is 10.6. The van der Waals surface area contributed by atoms with Crippen LogP contribution in [0.1, 0.15) is 13.3 Å². The Morgan fingerprint density at radius 3 is 2.71 bits per heavy atom. The van der Waals surface area contributed by atoms with E-state index in [0.29, 0.717) is 12.5 Å². The third kappa shape index (κ3) is 3.90. The van der Waals surface area contributed by atoms with Crippen molar-refractivity contribution in [2.75, 3.05) is 37.0 Å². The topological polar surface area (TPSA) is 69.6 Å². The summed E-state index contributed by atoms with van der Waals surface area (Å²) in [7, 11) is 3.74. The van der Waals surface area contributed by atoms with E-state index in [9.17, 15) is 4.79 Å². The highest BCUT2D eigenvalue weighted by Crippen LogP contribution is 2.13. The lowest BCUT2D eigenvalue weighted by Gasteiger charge is -2.22. The second-order valence-corrected chi connectivity index (χ2v) is 3.83. The fraction of sp³-hybridized carbons (Fsp3) is 0.545. The van der Waals surface area contributed by atoms with Gasteiger partial charge in [0.2, 0.25) is 5.95 Å². The number of carboxylic acids is 1. The molecule has 0 amide bonds. The van der Waals surface area contributed by atoms with Crippen LogP contribution in [0, 0.1) is 0 Å². The van der Waals surface area contributed by atoms with Gasteiger partial charge >= 0.3 is 5.97 Å². The van der Waals surface area contributed by atoms with Gasteiger partial charge in [-0.25, -0.2) is 4.98 Å². The Hall–Kier alpha value is -1.85. The quantitative estimate of drug-likeness (QED) is 0.792. The van der Waals surface area contributed by atoms with Crippen LogP contribution < -0.4 is 9.80 Å². The fourth-order valence-corrected chi connectivity index (χ4v) is 1.40. The summed E-state index contributed by atoms with van der Waals surface area (Å²) in [5.74, 6) is 0.578. The van der Waals surface area contributed by atoms with Crippen LogP contribution in [-0.2, 0) is 4.79 Å². The standard InChI is InChI=1S/C11H18N4O2/c1-4-15(8-6-10(16)17)9-5-7-12-11(13-9)14(2)3/h5,7H,4,6,8H2,1-3H3,(H,16,17). The maximum Gasteiger partial charge on any atom is 0.305 e. The molecule has 94 valence electrons. The molecule has 1 aromatic heterocycles. The van der Waals surface area contributed by atoms with Crippen LogP contribution in [0.25, 0.3) is 0 Å². The number of aliphatic carboxylic acids is 1. The van der Waals surface area contributed by atoms with Crippen molar-refractivity contribution in [1.82, 2.24) is 9.97 Å². The predicted octanol–water partition coefficient (Wildman–Crippen LogP) is 0.844. The van der Waals surface area contributed by atoms with E-state index in [1.165, 1.54) is 0 Å². The van der Waals surface area contributed by atoms with Gasteiger partial charge in [-0.1, -0.05) is 0 Å². The van der Waals surface area contributed by atoms with Crippen molar-refractivity contribution in [3.63, 3.8) is 0 Å². The van der Waals surface area contributed by atoms with Gasteiger partial charge in [0.05, 0.1) is 6.42 Å². The fourth-order valence-electron chi connectivity index (χ4n) is 1.40. The van der Waals surface area contributed by atoms with E-state index >= 15 is 0 Å². The second-order valence-electron chi connectivity index (χ2n) is 3.83. The first-order chi connectivity index (χ1) is 8.04. The number of hydrogen-bond acceptors (Lipinski definition) is 5. The summed E-state index contributed by atoms with van der Waals surface area (Å²) in [6, 6.07) is 1.79. The van der Waals surface area contributed by atoms with Crippen LogP contribution in [0.2, 0.25) is 0 Å². The van der Waals surface area contributed by atoms with Crippen molar-refractivity contribution in [1.29, 1.82) is 0 Å². The van der Waals surface area contributed by atoms with E-state index in [2.05, 4.69) is 9.97 Å². The van der Waals surface area contributed by atoms with E-state index in [4.69, 9.17) is 5.11 Å². The molecule has 0 bridgehead atoms. The van der Waals surface area contributed by atoms with Crippen LogP contribution in [0.5, 0.6) is 0 Å². The minimum Gasteiger partial charge on any atom is -0.481 e. The van der Waals surface area contributed by atoms with Crippen molar-refractivity contribution in [3.8, 4) is 0 Å². The summed E-state index contributed by atoms with van der Waals surface area (Å²) < 4.78 is 0. The zero-order valence-corrected chi connectivity index (χ0v) is 10.4. The largest absolute Gasteiger partial charge is 0.481 e. The van der Waals surface area contributed by atoms with Crippen molar-refractivity contribution in [2.45, 2.75) is 13.3 Å². The molecule has 0 aliphatic carbocycles. The highest BCUT2D eigenvalue weighted by Gasteiger charge is 2.09. The molecule has 1 aromatic rings. The molecule has 6 nitrogen and oxygen atoms in total. The molecule has 6 heteroatoms. The number of aromatic nitrogens is 2. The molecular weight excluding hydrogens is 220 g/mol. The van der Waals surface area contributed by atoms with Gasteiger partial charge in [-0.2, -0.15) is 4.98 Å². The Kier molecular flexibility index (Phi) is 4.68. The molecule has 0 aromatic carbocycles. The highest BCUT2D eigenvalue weighted by atomic mass is 16.4. The highest BCUT2D eigenvalue weighted by molar-refractivity contribution is 5.67. The predicted molar refractivity (Wildman–Crippen MR) is 66.5 cm³/mol. The van der Waals surface area contributed by atoms with Crippen LogP contribution >= 0.6 is 0 Å².